The van der Waals surface area contributed by atoms with Gasteiger partial charge in [0.25, 0.3) is 0 Å². The molecule has 38 heavy (non-hydrogen) atoms. The average Bonchev–Trinajstić information content (AvgIpc) is 2.77. The molecule has 3 N–H and O–H groups in total. The number of hydrogen-bond acceptors (Lipinski definition) is 9. The molecule has 0 bridgehead atoms. The van der Waals surface area contributed by atoms with E-state index >= 15 is 0 Å². The van der Waals surface area contributed by atoms with Crippen molar-refractivity contribution in [1.29, 1.82) is 0 Å². The van der Waals surface area contributed by atoms with Gasteiger partial charge >= 0.3 is 5.97 Å². The monoisotopic (exact) mass is 538 g/mol. The fourth-order valence-electron chi connectivity index (χ4n) is 4.98. The van der Waals surface area contributed by atoms with E-state index in [0.717, 1.165) is 16.3 Å². The van der Waals surface area contributed by atoms with Crippen LogP contribution in [0, 0.1) is 0 Å². The maximum atomic E-state index is 12.4. The maximum Gasteiger partial charge on any atom is 0.340 e. The van der Waals surface area contributed by atoms with E-state index in [2.05, 4.69) is 10.3 Å². The molecule has 0 spiro atoms. The molecule has 1 aliphatic carbocycles. The fraction of sp³-hybridized carbons (Fsp3) is 0.464. The lowest BCUT2D eigenvalue weighted by Crippen LogP contribution is -2.42. The fourth-order valence-corrected chi connectivity index (χ4v) is 6.11. The Labute approximate surface area is 223 Å². The van der Waals surface area contributed by atoms with E-state index in [4.69, 9.17) is 20.2 Å². The van der Waals surface area contributed by atoms with Crippen molar-refractivity contribution < 1.29 is 22.7 Å². The Bertz CT molecular complexity index is 1540. The van der Waals surface area contributed by atoms with Crippen LogP contribution in [-0.4, -0.2) is 47.6 Å². The standard InChI is InChI=1S/C28H34N4O5S/c1-15-25-18(26(33)37-28(15,4)5)7-10-23(32-25)31-24-13-19-20(14-30-24)22(9-8-21(19)27(2,3)29)36-16-11-17(12-16)38(6,34)35/h7-10,13-17H,11-12,29H2,1-6H3,(H,30,31,32)/t15-,16?,17?/m1/s1. The zero-order valence-electron chi connectivity index (χ0n) is 22.5. The summed E-state index contributed by atoms with van der Waals surface area (Å²) in [6, 6.07) is 9.19. The summed E-state index contributed by atoms with van der Waals surface area (Å²) in [7, 11) is -3.06. The number of aromatic nitrogens is 2. The molecule has 1 saturated carbocycles. The molecule has 0 unspecified atom stereocenters. The molecule has 0 radical (unpaired) electrons. The number of rotatable bonds is 6. The first-order chi connectivity index (χ1) is 17.6. The second kappa shape index (κ2) is 8.91. The number of sulfone groups is 1. The van der Waals surface area contributed by atoms with Gasteiger partial charge in [0.05, 0.1) is 16.5 Å². The SMILES string of the molecule is C[C@@H]1c2nc(Nc3cc4c(C(C)(C)N)ccc(OC5CC(S(C)(=O)=O)C5)c4cn3)ccc2C(=O)OC1(C)C. The minimum absolute atomic E-state index is 0.0836. The largest absolute Gasteiger partial charge is 0.490 e. The number of nitrogens with two attached hydrogens (primary N) is 1. The molecule has 10 heteroatoms. The summed E-state index contributed by atoms with van der Waals surface area (Å²) in [6.45, 7) is 9.63. The third kappa shape index (κ3) is 4.82. The number of nitrogens with zero attached hydrogens (tertiary/aromatic N) is 2. The zero-order valence-corrected chi connectivity index (χ0v) is 23.3. The molecule has 9 nitrogen and oxygen atoms in total. The minimum Gasteiger partial charge on any atom is -0.490 e. The Morgan fingerprint density at radius 1 is 1.13 bits per heavy atom. The topological polar surface area (TPSA) is 134 Å². The minimum atomic E-state index is -3.06. The van der Waals surface area contributed by atoms with Crippen molar-refractivity contribution in [3.05, 3.63) is 53.3 Å². The quantitative estimate of drug-likeness (QED) is 0.433. The number of pyridine rings is 2. The van der Waals surface area contributed by atoms with Gasteiger partial charge in [0, 0.05) is 42.1 Å². The van der Waals surface area contributed by atoms with Crippen molar-refractivity contribution >= 4 is 38.2 Å². The van der Waals surface area contributed by atoms with Crippen LogP contribution in [-0.2, 0) is 20.1 Å². The summed E-state index contributed by atoms with van der Waals surface area (Å²) < 4.78 is 35.4. The number of hydrogen-bond donors (Lipinski definition) is 2. The predicted molar refractivity (Wildman–Crippen MR) is 147 cm³/mol. The average molecular weight is 539 g/mol. The van der Waals surface area contributed by atoms with E-state index in [1.807, 2.05) is 52.8 Å². The van der Waals surface area contributed by atoms with E-state index in [1.165, 1.54) is 6.26 Å². The summed E-state index contributed by atoms with van der Waals surface area (Å²) >= 11 is 0. The van der Waals surface area contributed by atoms with Crippen LogP contribution in [0.15, 0.2) is 36.5 Å². The summed E-state index contributed by atoms with van der Waals surface area (Å²) in [5.41, 5.74) is 7.30. The van der Waals surface area contributed by atoms with E-state index in [1.54, 1.807) is 18.3 Å². The van der Waals surface area contributed by atoms with Gasteiger partial charge in [-0.15, -0.1) is 0 Å². The first kappa shape index (κ1) is 26.4. The number of ether oxygens (including phenoxy) is 2. The number of esters is 1. The molecule has 0 amide bonds. The molecule has 0 saturated heterocycles. The lowest BCUT2D eigenvalue weighted by atomic mass is 9.84. The van der Waals surface area contributed by atoms with Gasteiger partial charge < -0.3 is 20.5 Å². The highest BCUT2D eigenvalue weighted by Gasteiger charge is 2.40. The van der Waals surface area contributed by atoms with Crippen LogP contribution in [0.25, 0.3) is 10.8 Å². The second-order valence-electron chi connectivity index (χ2n) is 11.6. The Hall–Kier alpha value is -3.24. The number of carbonyl (C=O) groups excluding carboxylic acids is 1. The summed E-state index contributed by atoms with van der Waals surface area (Å²) in [5.74, 6) is 1.32. The molecule has 3 heterocycles. The Balaban J connectivity index is 1.47. The van der Waals surface area contributed by atoms with Gasteiger partial charge in [-0.1, -0.05) is 13.0 Å². The van der Waals surface area contributed by atoms with Gasteiger partial charge in [-0.25, -0.2) is 23.2 Å². The lowest BCUT2D eigenvalue weighted by molar-refractivity contribution is -0.0189. The zero-order chi connectivity index (χ0) is 27.6. The number of benzene rings is 1. The van der Waals surface area contributed by atoms with Gasteiger partial charge in [0.1, 0.15) is 29.1 Å². The third-order valence-corrected chi connectivity index (χ3v) is 9.31. The van der Waals surface area contributed by atoms with Gasteiger partial charge in [-0.2, -0.15) is 0 Å². The number of anilines is 2. The Morgan fingerprint density at radius 2 is 1.84 bits per heavy atom. The maximum absolute atomic E-state index is 12.4. The molecule has 2 aliphatic rings. The molecule has 202 valence electrons. The molecule has 1 aromatic carbocycles. The molecule has 1 aliphatic heterocycles. The van der Waals surface area contributed by atoms with Crippen LogP contribution in [0.4, 0.5) is 11.6 Å². The van der Waals surface area contributed by atoms with Crippen molar-refractivity contribution in [3.63, 3.8) is 0 Å². The van der Waals surface area contributed by atoms with Crippen LogP contribution < -0.4 is 15.8 Å². The third-order valence-electron chi connectivity index (χ3n) is 7.72. The molecule has 5 rings (SSSR count). The normalized spacial score (nSPS) is 22.8. The van der Waals surface area contributed by atoms with Crippen LogP contribution in [0.1, 0.15) is 75.0 Å². The van der Waals surface area contributed by atoms with Gasteiger partial charge in [0.15, 0.2) is 9.84 Å². The Morgan fingerprint density at radius 3 is 2.50 bits per heavy atom. The van der Waals surface area contributed by atoms with Crippen LogP contribution in [0.3, 0.4) is 0 Å². The highest BCUT2D eigenvalue weighted by molar-refractivity contribution is 7.91. The molecule has 3 aromatic rings. The van der Waals surface area contributed by atoms with E-state index in [0.29, 0.717) is 41.5 Å². The van der Waals surface area contributed by atoms with Crippen LogP contribution >= 0.6 is 0 Å². The Kier molecular flexibility index (Phi) is 6.18. The van der Waals surface area contributed by atoms with Gasteiger partial charge in [0.2, 0.25) is 0 Å². The number of carbonyl (C=O) groups is 1. The molecule has 1 atom stereocenters. The van der Waals surface area contributed by atoms with Crippen molar-refractivity contribution in [3.8, 4) is 5.75 Å². The molecule has 1 fully saturated rings. The van der Waals surface area contributed by atoms with Gasteiger partial charge in [-0.05, 0) is 62.9 Å². The van der Waals surface area contributed by atoms with Crippen LogP contribution in [0.5, 0.6) is 5.75 Å². The summed E-state index contributed by atoms with van der Waals surface area (Å²) in [6.07, 6.45) is 3.79. The van der Waals surface area contributed by atoms with E-state index in [-0.39, 0.29) is 23.2 Å². The smallest absolute Gasteiger partial charge is 0.340 e. The predicted octanol–water partition coefficient (Wildman–Crippen LogP) is 4.57. The number of cyclic esters (lactones) is 1. The number of fused-ring (bicyclic) bond motifs is 2. The van der Waals surface area contributed by atoms with Crippen molar-refractivity contribution in [2.24, 2.45) is 5.73 Å². The van der Waals surface area contributed by atoms with Crippen LogP contribution in [0.2, 0.25) is 0 Å². The first-order valence-electron chi connectivity index (χ1n) is 12.7. The summed E-state index contributed by atoms with van der Waals surface area (Å²) in [5, 5.41) is 4.59. The van der Waals surface area contributed by atoms with E-state index in [9.17, 15) is 13.2 Å². The molecular weight excluding hydrogens is 504 g/mol. The van der Waals surface area contributed by atoms with Crippen molar-refractivity contribution in [2.45, 2.75) is 75.9 Å². The van der Waals surface area contributed by atoms with Crippen molar-refractivity contribution in [1.82, 2.24) is 9.97 Å². The van der Waals surface area contributed by atoms with Gasteiger partial charge in [-0.3, -0.25) is 0 Å². The highest BCUT2D eigenvalue weighted by Crippen LogP contribution is 2.39. The number of nitrogens with one attached hydrogen (secondary N) is 1. The van der Waals surface area contributed by atoms with Crippen molar-refractivity contribution in [2.75, 3.05) is 11.6 Å². The van der Waals surface area contributed by atoms with E-state index < -0.39 is 21.0 Å². The summed E-state index contributed by atoms with van der Waals surface area (Å²) in [4.78, 5) is 21.8. The first-order valence-corrected chi connectivity index (χ1v) is 14.7. The second-order valence-corrected chi connectivity index (χ2v) is 13.9. The highest BCUT2D eigenvalue weighted by atomic mass is 32.2. The molecular formula is C28H34N4O5S. The lowest BCUT2D eigenvalue weighted by Gasteiger charge is -2.36. The molecule has 2 aromatic heterocycles.